The van der Waals surface area contributed by atoms with E-state index in [2.05, 4.69) is 10.8 Å². The summed E-state index contributed by atoms with van der Waals surface area (Å²) >= 11 is 0. The number of carbonyl (C=O) groups is 1. The summed E-state index contributed by atoms with van der Waals surface area (Å²) in [6.07, 6.45) is 4.75. The van der Waals surface area contributed by atoms with Crippen LogP contribution in [0.2, 0.25) is 0 Å². The standard InChI is InChI=1S/C7H9NO2/c1-10-7(9)8-3-2-5-4-6(5)8/h2-3,5-6H,4H2,1H3/t5?,6-/m0/s1. The predicted molar refractivity (Wildman–Crippen MR) is 35.3 cm³/mol. The smallest absolute Gasteiger partial charge is 0.413 e. The van der Waals surface area contributed by atoms with Crippen LogP contribution < -0.4 is 0 Å². The van der Waals surface area contributed by atoms with E-state index in [4.69, 9.17) is 0 Å². The molecule has 0 aromatic carbocycles. The van der Waals surface area contributed by atoms with E-state index in [0.29, 0.717) is 12.0 Å². The van der Waals surface area contributed by atoms with Gasteiger partial charge in [0.05, 0.1) is 7.11 Å². The number of hydrogen-bond donors (Lipinski definition) is 0. The maximum atomic E-state index is 10.9. The molecule has 2 atom stereocenters. The Bertz CT molecular complexity index is 200. The predicted octanol–water partition coefficient (Wildman–Crippen LogP) is 0.971. The lowest BCUT2D eigenvalue weighted by Gasteiger charge is -2.12. The molecule has 3 heteroatoms. The van der Waals surface area contributed by atoms with E-state index in [0.717, 1.165) is 6.42 Å². The molecule has 1 fully saturated rings. The van der Waals surface area contributed by atoms with Crippen molar-refractivity contribution in [1.82, 2.24) is 4.90 Å². The minimum atomic E-state index is -0.235. The average molecular weight is 139 g/mol. The molecule has 10 heavy (non-hydrogen) atoms. The molecule has 0 aromatic rings. The van der Waals surface area contributed by atoms with Crippen LogP contribution in [0.4, 0.5) is 4.79 Å². The van der Waals surface area contributed by atoms with E-state index in [-0.39, 0.29) is 6.09 Å². The molecule has 0 spiro atoms. The third kappa shape index (κ3) is 0.632. The molecule has 1 aliphatic heterocycles. The van der Waals surface area contributed by atoms with Crippen molar-refractivity contribution >= 4 is 6.09 Å². The third-order valence-electron chi connectivity index (χ3n) is 2.04. The van der Waals surface area contributed by atoms with Gasteiger partial charge in [-0.2, -0.15) is 0 Å². The number of hydrogen-bond acceptors (Lipinski definition) is 2. The Balaban J connectivity index is 2.06. The second kappa shape index (κ2) is 1.75. The molecule has 0 N–H and O–H groups in total. The van der Waals surface area contributed by atoms with Gasteiger partial charge in [0.25, 0.3) is 0 Å². The lowest BCUT2D eigenvalue weighted by Crippen LogP contribution is -2.25. The highest BCUT2D eigenvalue weighted by Gasteiger charge is 2.45. The number of fused-ring (bicyclic) bond motifs is 1. The molecular weight excluding hydrogens is 130 g/mol. The Kier molecular flexibility index (Phi) is 1.01. The zero-order valence-corrected chi connectivity index (χ0v) is 5.78. The van der Waals surface area contributed by atoms with Gasteiger partial charge in [-0.15, -0.1) is 0 Å². The van der Waals surface area contributed by atoms with Crippen molar-refractivity contribution in [2.24, 2.45) is 5.92 Å². The molecule has 1 saturated carbocycles. The van der Waals surface area contributed by atoms with Crippen LogP contribution in [0.15, 0.2) is 12.3 Å². The largest absolute Gasteiger partial charge is 0.452 e. The minimum absolute atomic E-state index is 0.235. The fourth-order valence-electron chi connectivity index (χ4n) is 1.34. The number of amides is 1. The average Bonchev–Trinajstić information content (AvgIpc) is 2.62. The number of ether oxygens (including phenoxy) is 1. The maximum Gasteiger partial charge on any atom is 0.413 e. The lowest BCUT2D eigenvalue weighted by atomic mass is 10.4. The Morgan fingerprint density at radius 1 is 1.80 bits per heavy atom. The molecular formula is C7H9NO2. The van der Waals surface area contributed by atoms with Crippen molar-refractivity contribution in [1.29, 1.82) is 0 Å². The Morgan fingerprint density at radius 2 is 2.60 bits per heavy atom. The number of carbonyl (C=O) groups excluding carboxylic acids is 1. The summed E-state index contributed by atoms with van der Waals surface area (Å²) in [5, 5.41) is 0. The number of methoxy groups -OCH3 is 1. The quantitative estimate of drug-likeness (QED) is 0.500. The van der Waals surface area contributed by atoms with Crippen LogP contribution >= 0.6 is 0 Å². The van der Waals surface area contributed by atoms with E-state index in [9.17, 15) is 4.79 Å². The molecule has 0 saturated heterocycles. The Hall–Kier alpha value is -0.990. The second-order valence-corrected chi connectivity index (χ2v) is 2.69. The van der Waals surface area contributed by atoms with Crippen molar-refractivity contribution in [2.45, 2.75) is 12.5 Å². The zero-order valence-electron chi connectivity index (χ0n) is 5.78. The normalized spacial score (nSPS) is 33.9. The first kappa shape index (κ1) is 5.77. The van der Waals surface area contributed by atoms with Crippen LogP contribution in [0.5, 0.6) is 0 Å². The highest BCUT2D eigenvalue weighted by molar-refractivity contribution is 5.70. The van der Waals surface area contributed by atoms with Gasteiger partial charge in [-0.1, -0.05) is 6.08 Å². The van der Waals surface area contributed by atoms with Gasteiger partial charge < -0.3 is 4.74 Å². The van der Waals surface area contributed by atoms with Gasteiger partial charge in [-0.25, -0.2) is 4.79 Å². The Labute approximate surface area is 59.3 Å². The first-order chi connectivity index (χ1) is 4.83. The molecule has 0 aromatic heterocycles. The summed E-state index contributed by atoms with van der Waals surface area (Å²) in [7, 11) is 1.41. The summed E-state index contributed by atoms with van der Waals surface area (Å²) in [4.78, 5) is 12.6. The van der Waals surface area contributed by atoms with Crippen LogP contribution in [0, 0.1) is 5.92 Å². The molecule has 3 nitrogen and oxygen atoms in total. The van der Waals surface area contributed by atoms with E-state index >= 15 is 0 Å². The van der Waals surface area contributed by atoms with E-state index in [1.165, 1.54) is 7.11 Å². The topological polar surface area (TPSA) is 29.5 Å². The van der Waals surface area contributed by atoms with Crippen molar-refractivity contribution in [2.75, 3.05) is 7.11 Å². The minimum Gasteiger partial charge on any atom is -0.452 e. The fourth-order valence-corrected chi connectivity index (χ4v) is 1.34. The fraction of sp³-hybridized carbons (Fsp3) is 0.571. The zero-order chi connectivity index (χ0) is 7.14. The number of nitrogens with zero attached hydrogens (tertiary/aromatic N) is 1. The molecule has 1 aliphatic carbocycles. The molecule has 1 amide bonds. The summed E-state index contributed by atoms with van der Waals surface area (Å²) in [6, 6.07) is 0.424. The van der Waals surface area contributed by atoms with E-state index in [1.807, 2.05) is 6.20 Å². The van der Waals surface area contributed by atoms with Gasteiger partial charge in [0.2, 0.25) is 0 Å². The van der Waals surface area contributed by atoms with Crippen molar-refractivity contribution in [3.8, 4) is 0 Å². The van der Waals surface area contributed by atoms with Crippen LogP contribution in [0.1, 0.15) is 6.42 Å². The van der Waals surface area contributed by atoms with Gasteiger partial charge in [-0.3, -0.25) is 4.90 Å². The van der Waals surface area contributed by atoms with Gasteiger partial charge >= 0.3 is 6.09 Å². The SMILES string of the molecule is COC(=O)N1C=CC2C[C@@H]21. The first-order valence-corrected chi connectivity index (χ1v) is 3.37. The second-order valence-electron chi connectivity index (χ2n) is 2.69. The summed E-state index contributed by atoms with van der Waals surface area (Å²) in [6.45, 7) is 0. The van der Waals surface area contributed by atoms with Gasteiger partial charge in [0.15, 0.2) is 0 Å². The van der Waals surface area contributed by atoms with Crippen LogP contribution in [0.3, 0.4) is 0 Å². The molecule has 1 unspecified atom stereocenters. The van der Waals surface area contributed by atoms with E-state index < -0.39 is 0 Å². The van der Waals surface area contributed by atoms with Gasteiger partial charge in [0, 0.05) is 18.2 Å². The highest BCUT2D eigenvalue weighted by atomic mass is 16.5. The first-order valence-electron chi connectivity index (χ1n) is 3.37. The van der Waals surface area contributed by atoms with Crippen LogP contribution in [-0.4, -0.2) is 24.1 Å². The van der Waals surface area contributed by atoms with Crippen LogP contribution in [0.25, 0.3) is 0 Å². The Morgan fingerprint density at radius 3 is 3.00 bits per heavy atom. The maximum absolute atomic E-state index is 10.9. The van der Waals surface area contributed by atoms with Crippen molar-refractivity contribution in [3.63, 3.8) is 0 Å². The third-order valence-corrected chi connectivity index (χ3v) is 2.04. The van der Waals surface area contributed by atoms with E-state index in [1.54, 1.807) is 4.90 Å². The monoisotopic (exact) mass is 139 g/mol. The van der Waals surface area contributed by atoms with Gasteiger partial charge in [0.1, 0.15) is 0 Å². The molecule has 0 bridgehead atoms. The highest BCUT2D eigenvalue weighted by Crippen LogP contribution is 2.42. The molecule has 1 heterocycles. The molecule has 2 aliphatic rings. The van der Waals surface area contributed by atoms with Gasteiger partial charge in [-0.05, 0) is 6.42 Å². The summed E-state index contributed by atoms with van der Waals surface area (Å²) in [5.74, 6) is 0.624. The molecule has 54 valence electrons. The lowest BCUT2D eigenvalue weighted by molar-refractivity contribution is 0.139. The molecule has 2 rings (SSSR count). The van der Waals surface area contributed by atoms with Crippen LogP contribution in [-0.2, 0) is 4.74 Å². The summed E-state index contributed by atoms with van der Waals surface area (Å²) in [5.41, 5.74) is 0. The molecule has 0 radical (unpaired) electrons. The number of rotatable bonds is 0. The summed E-state index contributed by atoms with van der Waals surface area (Å²) < 4.78 is 4.57. The van der Waals surface area contributed by atoms with Crippen molar-refractivity contribution < 1.29 is 9.53 Å². The van der Waals surface area contributed by atoms with Crippen molar-refractivity contribution in [3.05, 3.63) is 12.3 Å².